The molecule has 2 aliphatic rings. The Morgan fingerprint density at radius 1 is 1.18 bits per heavy atom. The van der Waals surface area contributed by atoms with Gasteiger partial charge in [-0.2, -0.15) is 0 Å². The molecule has 0 radical (unpaired) electrons. The van der Waals surface area contributed by atoms with Gasteiger partial charge in [0.2, 0.25) is 0 Å². The molecule has 2 aliphatic heterocycles. The van der Waals surface area contributed by atoms with E-state index < -0.39 is 0 Å². The second-order valence-electron chi connectivity index (χ2n) is 5.13. The molecule has 2 heteroatoms. The predicted octanol–water partition coefficient (Wildman–Crippen LogP) is 3.44. The summed E-state index contributed by atoms with van der Waals surface area (Å²) in [5, 5.41) is 1.43. The van der Waals surface area contributed by atoms with E-state index in [2.05, 4.69) is 28.8 Å². The lowest BCUT2D eigenvalue weighted by atomic mass is 10.0. The van der Waals surface area contributed by atoms with Crippen LogP contribution in [0.15, 0.2) is 24.3 Å². The molecule has 3 heterocycles. The van der Waals surface area contributed by atoms with Crippen molar-refractivity contribution in [1.29, 1.82) is 0 Å². The van der Waals surface area contributed by atoms with E-state index in [1.807, 2.05) is 0 Å². The van der Waals surface area contributed by atoms with Crippen LogP contribution in [-0.2, 0) is 17.7 Å². The Hall–Kier alpha value is -1.28. The number of hydrogen-bond acceptors (Lipinski definition) is 1. The minimum atomic E-state index is 0.356. The highest BCUT2D eigenvalue weighted by Crippen LogP contribution is 2.40. The smallest absolute Gasteiger partial charge is 0.0849 e. The number of rotatable bonds is 1. The molecule has 2 aromatic rings. The Kier molecular flexibility index (Phi) is 2.06. The molecule has 2 nitrogen and oxygen atoms in total. The van der Waals surface area contributed by atoms with Crippen molar-refractivity contribution in [2.75, 3.05) is 6.61 Å². The molecule has 1 unspecified atom stereocenters. The van der Waals surface area contributed by atoms with Crippen LogP contribution in [0.3, 0.4) is 0 Å². The normalized spacial score (nSPS) is 23.4. The first-order valence-electron chi connectivity index (χ1n) is 6.67. The fourth-order valence-corrected chi connectivity index (χ4v) is 3.48. The van der Waals surface area contributed by atoms with Crippen LogP contribution in [0.25, 0.3) is 10.9 Å². The molecule has 1 saturated heterocycles. The molecule has 1 aromatic heterocycles. The summed E-state index contributed by atoms with van der Waals surface area (Å²) < 4.78 is 8.42. The Bertz CT molecular complexity index is 564. The molecule has 1 atom stereocenters. The maximum absolute atomic E-state index is 5.92. The summed E-state index contributed by atoms with van der Waals surface area (Å²) in [7, 11) is 0. The molecule has 0 amide bonds. The van der Waals surface area contributed by atoms with Crippen LogP contribution in [0.4, 0.5) is 0 Å². The van der Waals surface area contributed by atoms with Gasteiger partial charge in [-0.25, -0.2) is 0 Å². The number of para-hydroxylation sites is 1. The number of ether oxygens (including phenoxy) is 1. The van der Waals surface area contributed by atoms with E-state index in [0.29, 0.717) is 6.10 Å². The molecule has 4 rings (SSSR count). The van der Waals surface area contributed by atoms with Gasteiger partial charge in [0.1, 0.15) is 0 Å². The molecule has 17 heavy (non-hydrogen) atoms. The molecule has 0 saturated carbocycles. The van der Waals surface area contributed by atoms with Crippen molar-refractivity contribution in [3.8, 4) is 0 Å². The van der Waals surface area contributed by atoms with Crippen LogP contribution in [0, 0.1) is 0 Å². The highest BCUT2D eigenvalue weighted by molar-refractivity contribution is 5.86. The van der Waals surface area contributed by atoms with Gasteiger partial charge in [-0.15, -0.1) is 0 Å². The Labute approximate surface area is 101 Å². The van der Waals surface area contributed by atoms with Gasteiger partial charge in [-0.1, -0.05) is 18.2 Å². The highest BCUT2D eigenvalue weighted by Gasteiger charge is 2.28. The van der Waals surface area contributed by atoms with Gasteiger partial charge < -0.3 is 9.30 Å². The van der Waals surface area contributed by atoms with Gasteiger partial charge in [-0.3, -0.25) is 0 Å². The zero-order valence-corrected chi connectivity index (χ0v) is 9.98. The van der Waals surface area contributed by atoms with Gasteiger partial charge in [0.25, 0.3) is 0 Å². The van der Waals surface area contributed by atoms with Gasteiger partial charge in [-0.05, 0) is 31.7 Å². The van der Waals surface area contributed by atoms with Crippen molar-refractivity contribution in [3.05, 3.63) is 35.5 Å². The van der Waals surface area contributed by atoms with Crippen LogP contribution >= 0.6 is 0 Å². The first kappa shape index (κ1) is 9.72. The van der Waals surface area contributed by atoms with Gasteiger partial charge in [0, 0.05) is 35.3 Å². The summed E-state index contributed by atoms with van der Waals surface area (Å²) >= 11 is 0. The monoisotopic (exact) mass is 227 g/mol. The predicted molar refractivity (Wildman–Crippen MR) is 68.2 cm³/mol. The highest BCUT2D eigenvalue weighted by atomic mass is 16.5. The molecule has 1 fully saturated rings. The molecule has 0 spiro atoms. The van der Waals surface area contributed by atoms with E-state index in [0.717, 1.165) is 6.61 Å². The zero-order valence-electron chi connectivity index (χ0n) is 9.98. The third-order valence-corrected chi connectivity index (χ3v) is 4.17. The van der Waals surface area contributed by atoms with Crippen molar-refractivity contribution in [2.45, 2.75) is 38.3 Å². The van der Waals surface area contributed by atoms with Gasteiger partial charge in [0.05, 0.1) is 6.10 Å². The Morgan fingerprint density at radius 2 is 2.12 bits per heavy atom. The lowest BCUT2D eigenvalue weighted by molar-refractivity contribution is 0.112. The standard InChI is InChI=1S/C15H17NO/c1-2-6-12-11(5-1)15(14-8-4-10-17-14)13-7-3-9-16(12)13/h1-2,5-6,14H,3-4,7-10H2. The topological polar surface area (TPSA) is 14.2 Å². The summed E-state index contributed by atoms with van der Waals surface area (Å²) in [6.07, 6.45) is 5.28. The van der Waals surface area contributed by atoms with Crippen LogP contribution in [0.2, 0.25) is 0 Å². The summed E-state index contributed by atoms with van der Waals surface area (Å²) in [5.41, 5.74) is 4.44. The largest absolute Gasteiger partial charge is 0.373 e. The molecular weight excluding hydrogens is 210 g/mol. The summed E-state index contributed by atoms with van der Waals surface area (Å²) in [6, 6.07) is 8.81. The van der Waals surface area contributed by atoms with Crippen LogP contribution in [0.5, 0.6) is 0 Å². The number of nitrogens with zero attached hydrogens (tertiary/aromatic N) is 1. The summed E-state index contributed by atoms with van der Waals surface area (Å²) in [5.74, 6) is 0. The zero-order chi connectivity index (χ0) is 11.2. The van der Waals surface area contributed by atoms with Crippen molar-refractivity contribution < 1.29 is 4.74 Å². The number of aromatic nitrogens is 1. The lowest BCUT2D eigenvalue weighted by Gasteiger charge is -2.10. The number of benzene rings is 1. The second kappa shape index (κ2) is 3.61. The van der Waals surface area contributed by atoms with Crippen LogP contribution < -0.4 is 0 Å². The Morgan fingerprint density at radius 3 is 3.00 bits per heavy atom. The average molecular weight is 227 g/mol. The van der Waals surface area contributed by atoms with E-state index >= 15 is 0 Å². The van der Waals surface area contributed by atoms with Crippen molar-refractivity contribution in [2.24, 2.45) is 0 Å². The van der Waals surface area contributed by atoms with E-state index in [-0.39, 0.29) is 0 Å². The third kappa shape index (κ3) is 1.31. The van der Waals surface area contributed by atoms with Gasteiger partial charge in [0.15, 0.2) is 0 Å². The number of fused-ring (bicyclic) bond motifs is 3. The maximum Gasteiger partial charge on any atom is 0.0849 e. The second-order valence-corrected chi connectivity index (χ2v) is 5.13. The summed E-state index contributed by atoms with van der Waals surface area (Å²) in [6.45, 7) is 2.12. The lowest BCUT2D eigenvalue weighted by Crippen LogP contribution is -1.99. The summed E-state index contributed by atoms with van der Waals surface area (Å²) in [4.78, 5) is 0. The van der Waals surface area contributed by atoms with Gasteiger partial charge >= 0.3 is 0 Å². The van der Waals surface area contributed by atoms with E-state index in [1.54, 1.807) is 0 Å². The van der Waals surface area contributed by atoms with Crippen molar-refractivity contribution in [1.82, 2.24) is 4.57 Å². The molecular formula is C15H17NO. The van der Waals surface area contributed by atoms with E-state index in [9.17, 15) is 0 Å². The molecule has 1 aromatic carbocycles. The maximum atomic E-state index is 5.92. The third-order valence-electron chi connectivity index (χ3n) is 4.17. The number of aryl methyl sites for hydroxylation is 1. The molecule has 0 N–H and O–H groups in total. The number of hydrogen-bond donors (Lipinski definition) is 0. The first-order chi connectivity index (χ1) is 8.45. The quantitative estimate of drug-likeness (QED) is 0.728. The minimum absolute atomic E-state index is 0.356. The molecule has 0 aliphatic carbocycles. The average Bonchev–Trinajstić information content (AvgIpc) is 3.04. The molecule has 88 valence electrons. The molecule has 0 bridgehead atoms. The van der Waals surface area contributed by atoms with Crippen molar-refractivity contribution in [3.63, 3.8) is 0 Å². The SMILES string of the molecule is c1ccc2c(c1)c(C1CCCO1)c1n2CCC1. The Balaban J connectivity index is 2.00. The fourth-order valence-electron chi connectivity index (χ4n) is 3.48. The first-order valence-corrected chi connectivity index (χ1v) is 6.67. The van der Waals surface area contributed by atoms with Crippen molar-refractivity contribution >= 4 is 10.9 Å². The van der Waals surface area contributed by atoms with Crippen LogP contribution in [0.1, 0.15) is 36.6 Å². The van der Waals surface area contributed by atoms with E-state index in [4.69, 9.17) is 4.74 Å². The van der Waals surface area contributed by atoms with E-state index in [1.165, 1.54) is 54.4 Å². The van der Waals surface area contributed by atoms with Crippen LogP contribution in [-0.4, -0.2) is 11.2 Å². The fraction of sp³-hybridized carbons (Fsp3) is 0.467. The minimum Gasteiger partial charge on any atom is -0.373 e.